The van der Waals surface area contributed by atoms with Crippen LogP contribution in [0, 0.1) is 11.3 Å². The molecule has 0 saturated carbocycles. The molecule has 1 amide bonds. The second-order valence-electron chi connectivity index (χ2n) is 3.24. The molecule has 0 saturated heterocycles. The lowest BCUT2D eigenvalue weighted by atomic mass is 10.3. The quantitative estimate of drug-likeness (QED) is 0.730. The van der Waals surface area contributed by atoms with E-state index in [4.69, 9.17) is 10.4 Å². The molecule has 0 bridgehead atoms. The van der Waals surface area contributed by atoms with Crippen molar-refractivity contribution in [3.05, 3.63) is 9.81 Å². The summed E-state index contributed by atoms with van der Waals surface area (Å²) in [7, 11) is 0. The Kier molecular flexibility index (Phi) is 5.74. The predicted octanol–water partition coefficient (Wildman–Crippen LogP) is 1.44. The number of unbranched alkanes of at least 4 members (excludes halogenated alkanes) is 1. The lowest BCUT2D eigenvalue weighted by Gasteiger charge is -2.22. The molecular formula is C10H14N2O2S2. The maximum atomic E-state index is 11.5. The third-order valence-corrected chi connectivity index (χ3v) is 4.55. The van der Waals surface area contributed by atoms with E-state index in [0.717, 1.165) is 22.8 Å². The molecule has 1 atom stereocenters. The van der Waals surface area contributed by atoms with E-state index in [1.165, 1.54) is 23.5 Å². The van der Waals surface area contributed by atoms with Gasteiger partial charge in [-0.3, -0.25) is 4.79 Å². The largest absolute Gasteiger partial charge is 0.393 e. The summed E-state index contributed by atoms with van der Waals surface area (Å²) in [6.07, 6.45) is 2.14. The van der Waals surface area contributed by atoms with Gasteiger partial charge in [0.2, 0.25) is 0 Å². The van der Waals surface area contributed by atoms with Gasteiger partial charge in [0.1, 0.15) is 17.0 Å². The molecule has 0 aliphatic carbocycles. The first-order valence-corrected chi connectivity index (χ1v) is 6.95. The number of thioether (sulfide) groups is 2. The SMILES string of the molecule is CCCCSC1=C(C#N)C(=O)NC(CO)S1. The molecule has 0 radical (unpaired) electrons. The molecule has 1 rings (SSSR count). The fourth-order valence-electron chi connectivity index (χ4n) is 1.12. The number of hydrogen-bond acceptors (Lipinski definition) is 5. The van der Waals surface area contributed by atoms with Crippen LogP contribution in [0.4, 0.5) is 0 Å². The Labute approximate surface area is 103 Å². The van der Waals surface area contributed by atoms with Crippen LogP contribution in [-0.4, -0.2) is 28.7 Å². The molecular weight excluding hydrogens is 244 g/mol. The van der Waals surface area contributed by atoms with Crippen molar-refractivity contribution in [2.75, 3.05) is 12.4 Å². The molecule has 0 aromatic carbocycles. The third kappa shape index (κ3) is 3.44. The molecule has 0 aromatic rings. The standard InChI is InChI=1S/C10H14N2O2S2/c1-2-3-4-15-10-7(5-11)9(14)12-8(6-13)16-10/h8,13H,2-4,6H2,1H3,(H,12,14). The molecule has 1 aliphatic rings. The van der Waals surface area contributed by atoms with Gasteiger partial charge in [-0.1, -0.05) is 25.1 Å². The molecule has 16 heavy (non-hydrogen) atoms. The van der Waals surface area contributed by atoms with Gasteiger partial charge in [-0.15, -0.1) is 11.8 Å². The Bertz CT molecular complexity index is 336. The van der Waals surface area contributed by atoms with Crippen LogP contribution in [0.3, 0.4) is 0 Å². The maximum Gasteiger partial charge on any atom is 0.264 e. The minimum absolute atomic E-state index is 0.118. The zero-order valence-electron chi connectivity index (χ0n) is 9.02. The summed E-state index contributed by atoms with van der Waals surface area (Å²) in [6, 6.07) is 1.92. The predicted molar refractivity (Wildman–Crippen MR) is 66.6 cm³/mol. The Morgan fingerprint density at radius 3 is 3.00 bits per heavy atom. The van der Waals surface area contributed by atoms with E-state index in [2.05, 4.69) is 12.2 Å². The molecule has 0 spiro atoms. The molecule has 6 heteroatoms. The fourth-order valence-corrected chi connectivity index (χ4v) is 3.65. The highest BCUT2D eigenvalue weighted by molar-refractivity contribution is 8.22. The van der Waals surface area contributed by atoms with Crippen LogP contribution in [0.2, 0.25) is 0 Å². The molecule has 0 aromatic heterocycles. The Hall–Kier alpha value is -0.640. The Morgan fingerprint density at radius 2 is 2.44 bits per heavy atom. The van der Waals surface area contributed by atoms with E-state index < -0.39 is 0 Å². The van der Waals surface area contributed by atoms with Gasteiger partial charge in [-0.2, -0.15) is 5.26 Å². The first-order chi connectivity index (χ1) is 7.72. The topological polar surface area (TPSA) is 73.1 Å². The maximum absolute atomic E-state index is 11.5. The normalized spacial score (nSPS) is 20.6. The van der Waals surface area contributed by atoms with E-state index in [1.807, 2.05) is 6.07 Å². The number of nitrogens with zero attached hydrogens (tertiary/aromatic N) is 1. The minimum atomic E-state index is -0.376. The monoisotopic (exact) mass is 258 g/mol. The van der Waals surface area contributed by atoms with Crippen LogP contribution in [0.25, 0.3) is 0 Å². The van der Waals surface area contributed by atoms with E-state index in [-0.39, 0.29) is 23.5 Å². The van der Waals surface area contributed by atoms with Gasteiger partial charge in [0.15, 0.2) is 0 Å². The van der Waals surface area contributed by atoms with Crippen molar-refractivity contribution < 1.29 is 9.90 Å². The van der Waals surface area contributed by atoms with Gasteiger partial charge in [-0.25, -0.2) is 0 Å². The van der Waals surface area contributed by atoms with Crippen molar-refractivity contribution in [3.8, 4) is 6.07 Å². The summed E-state index contributed by atoms with van der Waals surface area (Å²) < 4.78 is 0.735. The van der Waals surface area contributed by atoms with E-state index >= 15 is 0 Å². The highest BCUT2D eigenvalue weighted by atomic mass is 32.2. The van der Waals surface area contributed by atoms with Crippen LogP contribution in [0.1, 0.15) is 19.8 Å². The average Bonchev–Trinajstić information content (AvgIpc) is 2.29. The number of nitrogens with one attached hydrogen (secondary N) is 1. The molecule has 88 valence electrons. The summed E-state index contributed by atoms with van der Waals surface area (Å²) in [5, 5.41) is 20.1. The van der Waals surface area contributed by atoms with Gasteiger partial charge in [0.05, 0.1) is 10.8 Å². The van der Waals surface area contributed by atoms with Gasteiger partial charge >= 0.3 is 0 Å². The average molecular weight is 258 g/mol. The van der Waals surface area contributed by atoms with E-state index in [9.17, 15) is 4.79 Å². The minimum Gasteiger partial charge on any atom is -0.393 e. The van der Waals surface area contributed by atoms with Crippen molar-refractivity contribution >= 4 is 29.4 Å². The van der Waals surface area contributed by atoms with Gasteiger partial charge in [-0.05, 0) is 12.2 Å². The van der Waals surface area contributed by atoms with Crippen LogP contribution >= 0.6 is 23.5 Å². The highest BCUT2D eigenvalue weighted by Gasteiger charge is 2.27. The van der Waals surface area contributed by atoms with Gasteiger partial charge in [0.25, 0.3) is 5.91 Å². The fraction of sp³-hybridized carbons (Fsp3) is 0.600. The van der Waals surface area contributed by atoms with Crippen LogP contribution in [0.15, 0.2) is 9.81 Å². The van der Waals surface area contributed by atoms with E-state index in [0.29, 0.717) is 0 Å². The summed E-state index contributed by atoms with van der Waals surface area (Å²) >= 11 is 2.88. The number of rotatable bonds is 5. The lowest BCUT2D eigenvalue weighted by molar-refractivity contribution is -0.117. The summed E-state index contributed by atoms with van der Waals surface area (Å²) in [4.78, 5) is 11.5. The number of amides is 1. The van der Waals surface area contributed by atoms with E-state index in [1.54, 1.807) is 0 Å². The van der Waals surface area contributed by atoms with Crippen LogP contribution < -0.4 is 5.32 Å². The molecule has 1 aliphatic heterocycles. The zero-order valence-corrected chi connectivity index (χ0v) is 10.7. The van der Waals surface area contributed by atoms with Crippen molar-refractivity contribution in [1.82, 2.24) is 5.32 Å². The number of hydrogen-bond donors (Lipinski definition) is 2. The second kappa shape index (κ2) is 6.84. The van der Waals surface area contributed by atoms with Crippen LogP contribution in [0.5, 0.6) is 0 Å². The zero-order chi connectivity index (χ0) is 12.0. The summed E-state index contributed by atoms with van der Waals surface area (Å²) in [6.45, 7) is 1.98. The summed E-state index contributed by atoms with van der Waals surface area (Å²) in [5.41, 5.74) is 0.177. The smallest absolute Gasteiger partial charge is 0.264 e. The Morgan fingerprint density at radius 1 is 1.69 bits per heavy atom. The Balaban J connectivity index is 2.73. The third-order valence-electron chi connectivity index (χ3n) is 1.98. The highest BCUT2D eigenvalue weighted by Crippen LogP contribution is 2.37. The number of nitriles is 1. The number of aliphatic hydroxyl groups is 1. The van der Waals surface area contributed by atoms with Gasteiger partial charge in [0, 0.05) is 0 Å². The molecule has 1 heterocycles. The first-order valence-electron chi connectivity index (χ1n) is 5.08. The van der Waals surface area contributed by atoms with Gasteiger partial charge < -0.3 is 10.4 Å². The second-order valence-corrected chi connectivity index (χ2v) is 5.82. The molecule has 0 fully saturated rings. The number of carbonyl (C=O) groups is 1. The molecule has 1 unspecified atom stereocenters. The van der Waals surface area contributed by atoms with Crippen molar-refractivity contribution in [3.63, 3.8) is 0 Å². The molecule has 4 nitrogen and oxygen atoms in total. The van der Waals surface area contributed by atoms with Crippen molar-refractivity contribution in [2.45, 2.75) is 25.1 Å². The molecule has 2 N–H and O–H groups in total. The lowest BCUT2D eigenvalue weighted by Crippen LogP contribution is -2.39. The van der Waals surface area contributed by atoms with Crippen molar-refractivity contribution in [1.29, 1.82) is 5.26 Å². The van der Waals surface area contributed by atoms with Crippen LogP contribution in [-0.2, 0) is 4.79 Å². The number of carbonyl (C=O) groups excluding carboxylic acids is 1. The number of aliphatic hydroxyl groups excluding tert-OH is 1. The van der Waals surface area contributed by atoms with Crippen molar-refractivity contribution in [2.24, 2.45) is 0 Å². The summed E-state index contributed by atoms with van der Waals surface area (Å²) in [5.74, 6) is 0.523. The first kappa shape index (κ1) is 13.4.